The van der Waals surface area contributed by atoms with Gasteiger partial charge in [-0.1, -0.05) is 48.5 Å². The van der Waals surface area contributed by atoms with E-state index in [1.165, 1.54) is 11.6 Å². The van der Waals surface area contributed by atoms with E-state index < -0.39 is 0 Å². The highest BCUT2D eigenvalue weighted by atomic mass is 19.1. The Morgan fingerprint density at radius 1 is 0.927 bits per heavy atom. The summed E-state index contributed by atoms with van der Waals surface area (Å²) < 4.78 is 14.2. The van der Waals surface area contributed by atoms with Crippen LogP contribution in [-0.2, 0) is 0 Å². The summed E-state index contributed by atoms with van der Waals surface area (Å²) in [5.41, 5.74) is 5.14. The Morgan fingerprint density at radius 3 is 2.29 bits per heavy atom. The van der Waals surface area contributed by atoms with E-state index in [9.17, 15) is 14.0 Å². The maximum atomic E-state index is 14.2. The Kier molecular flexibility index (Phi) is 8.43. The first-order chi connectivity index (χ1) is 19.8. The van der Waals surface area contributed by atoms with Gasteiger partial charge in [-0.3, -0.25) is 9.59 Å². The van der Waals surface area contributed by atoms with Crippen LogP contribution in [0, 0.1) is 12.7 Å². The molecule has 2 amide bonds. The third-order valence-corrected chi connectivity index (χ3v) is 7.54. The topological polar surface area (TPSA) is 74.3 Å². The van der Waals surface area contributed by atoms with Gasteiger partial charge < -0.3 is 15.5 Å². The highest BCUT2D eigenvalue weighted by molar-refractivity contribution is 6.05. The molecule has 0 atom stereocenters. The number of nitrogens with one attached hydrogen (secondary N) is 2. The Bertz CT molecular complexity index is 1530. The second kappa shape index (κ2) is 12.3. The van der Waals surface area contributed by atoms with E-state index in [0.29, 0.717) is 47.2 Å². The van der Waals surface area contributed by atoms with Crippen molar-refractivity contribution in [3.8, 4) is 11.1 Å². The summed E-state index contributed by atoms with van der Waals surface area (Å²) in [7, 11) is 0. The average molecular weight is 551 g/mol. The van der Waals surface area contributed by atoms with Crippen LogP contribution in [0.4, 0.5) is 15.9 Å². The molecule has 1 fully saturated rings. The maximum absolute atomic E-state index is 14.2. The van der Waals surface area contributed by atoms with E-state index in [4.69, 9.17) is 0 Å². The number of pyridine rings is 1. The normalized spacial score (nSPS) is 13.7. The molecule has 0 aliphatic carbocycles. The number of hydrogen-bond donors (Lipinski definition) is 2. The van der Waals surface area contributed by atoms with Crippen LogP contribution in [0.3, 0.4) is 0 Å². The number of rotatable bonds is 7. The third-order valence-electron chi connectivity index (χ3n) is 7.54. The molecule has 2 N–H and O–H groups in total. The number of aryl methyl sites for hydroxylation is 1. The predicted octanol–water partition coefficient (Wildman–Crippen LogP) is 7.29. The summed E-state index contributed by atoms with van der Waals surface area (Å²) in [6.07, 6.45) is 3.26. The Hall–Kier alpha value is -4.52. The van der Waals surface area contributed by atoms with Gasteiger partial charge in [-0.15, -0.1) is 0 Å². The minimum absolute atomic E-state index is 0.0420. The van der Waals surface area contributed by atoms with Gasteiger partial charge in [0, 0.05) is 42.1 Å². The van der Waals surface area contributed by atoms with Crippen molar-refractivity contribution in [3.63, 3.8) is 0 Å². The van der Waals surface area contributed by atoms with Gasteiger partial charge in [0.25, 0.3) is 11.8 Å². The molecule has 3 aromatic carbocycles. The number of likely N-dealkylation sites (tertiary alicyclic amines) is 1. The minimum atomic E-state index is -0.275. The zero-order valence-corrected chi connectivity index (χ0v) is 23.7. The number of hydrogen-bond acceptors (Lipinski definition) is 4. The van der Waals surface area contributed by atoms with E-state index in [1.54, 1.807) is 36.5 Å². The third kappa shape index (κ3) is 6.62. The predicted molar refractivity (Wildman–Crippen MR) is 162 cm³/mol. The molecule has 0 radical (unpaired) electrons. The summed E-state index contributed by atoms with van der Waals surface area (Å²) in [4.78, 5) is 32.5. The largest absolute Gasteiger partial charge is 0.368 e. The van der Waals surface area contributed by atoms with E-state index in [-0.39, 0.29) is 23.7 Å². The Labute approximate surface area is 240 Å². The molecule has 1 aromatic heterocycles. The van der Waals surface area contributed by atoms with E-state index in [1.807, 2.05) is 56.0 Å². The van der Waals surface area contributed by atoms with Crippen molar-refractivity contribution in [1.82, 2.24) is 9.88 Å². The van der Waals surface area contributed by atoms with Crippen LogP contribution >= 0.6 is 0 Å². The standard InChI is InChI=1S/C34H35FN4O2/c1-22(2)37-32-15-14-28(21-36-32)33(40)38-31-20-27(9-8-23(31)3)34(41)39-18-16-25(17-19-39)24-10-12-26(13-11-24)29-6-4-5-7-30(29)35/h4-15,20-22,25H,16-19H2,1-3H3,(H,36,37)(H,38,40). The summed E-state index contributed by atoms with van der Waals surface area (Å²) in [5, 5.41) is 6.15. The van der Waals surface area contributed by atoms with Gasteiger partial charge in [-0.05, 0) is 86.6 Å². The lowest BCUT2D eigenvalue weighted by Gasteiger charge is -2.32. The van der Waals surface area contributed by atoms with Gasteiger partial charge in [0.15, 0.2) is 0 Å². The molecular weight excluding hydrogens is 515 g/mol. The molecule has 4 aromatic rings. The second-order valence-electron chi connectivity index (χ2n) is 10.9. The van der Waals surface area contributed by atoms with Crippen LogP contribution in [0.2, 0.25) is 0 Å². The van der Waals surface area contributed by atoms with Crippen LogP contribution in [-0.4, -0.2) is 40.8 Å². The summed E-state index contributed by atoms with van der Waals surface area (Å²) in [6.45, 7) is 7.25. The molecule has 0 unspecified atom stereocenters. The number of halogens is 1. The second-order valence-corrected chi connectivity index (χ2v) is 10.9. The molecule has 0 spiro atoms. The monoisotopic (exact) mass is 550 g/mol. The summed E-state index contributed by atoms with van der Waals surface area (Å²) in [6, 6.07) is 24.1. The van der Waals surface area contributed by atoms with Crippen molar-refractivity contribution in [2.75, 3.05) is 23.7 Å². The van der Waals surface area contributed by atoms with Gasteiger partial charge in [0.1, 0.15) is 11.6 Å². The van der Waals surface area contributed by atoms with Crippen molar-refractivity contribution in [1.29, 1.82) is 0 Å². The van der Waals surface area contributed by atoms with Crippen LogP contribution in [0.5, 0.6) is 0 Å². The number of aromatic nitrogens is 1. The molecular formula is C34H35FN4O2. The lowest BCUT2D eigenvalue weighted by Crippen LogP contribution is -2.38. The number of carbonyl (C=O) groups is 2. The first-order valence-corrected chi connectivity index (χ1v) is 14.1. The van der Waals surface area contributed by atoms with Crippen molar-refractivity contribution in [3.05, 3.63) is 113 Å². The van der Waals surface area contributed by atoms with Crippen molar-refractivity contribution < 1.29 is 14.0 Å². The molecule has 1 aliphatic heterocycles. The molecule has 1 aliphatic rings. The smallest absolute Gasteiger partial charge is 0.257 e. The van der Waals surface area contributed by atoms with Crippen LogP contribution < -0.4 is 10.6 Å². The SMILES string of the molecule is Cc1ccc(C(=O)N2CCC(c3ccc(-c4ccccc4F)cc3)CC2)cc1NC(=O)c1ccc(NC(C)C)nc1. The lowest BCUT2D eigenvalue weighted by molar-refractivity contribution is 0.0712. The van der Waals surface area contributed by atoms with E-state index >= 15 is 0 Å². The first-order valence-electron chi connectivity index (χ1n) is 14.1. The molecule has 210 valence electrons. The van der Waals surface area contributed by atoms with Crippen LogP contribution in [0.1, 0.15) is 64.4 Å². The van der Waals surface area contributed by atoms with Gasteiger partial charge in [0.05, 0.1) is 5.56 Å². The number of nitrogens with zero attached hydrogens (tertiary/aromatic N) is 2. The fourth-order valence-corrected chi connectivity index (χ4v) is 5.22. The molecule has 0 bridgehead atoms. The Morgan fingerprint density at radius 2 is 1.63 bits per heavy atom. The van der Waals surface area contributed by atoms with Gasteiger partial charge in [0.2, 0.25) is 0 Å². The summed E-state index contributed by atoms with van der Waals surface area (Å²) in [5.74, 6) is 0.514. The quantitative estimate of drug-likeness (QED) is 0.253. The zero-order chi connectivity index (χ0) is 28.9. The maximum Gasteiger partial charge on any atom is 0.257 e. The average Bonchev–Trinajstić information content (AvgIpc) is 2.98. The highest BCUT2D eigenvalue weighted by Crippen LogP contribution is 2.31. The van der Waals surface area contributed by atoms with Gasteiger partial charge >= 0.3 is 0 Å². The first kappa shape index (κ1) is 28.0. The van der Waals surface area contributed by atoms with E-state index in [0.717, 1.165) is 24.0 Å². The molecule has 0 saturated carbocycles. The molecule has 5 rings (SSSR count). The Balaban J connectivity index is 1.20. The fraction of sp³-hybridized carbons (Fsp3) is 0.265. The van der Waals surface area contributed by atoms with Crippen molar-refractivity contribution in [2.24, 2.45) is 0 Å². The number of piperidine rings is 1. The van der Waals surface area contributed by atoms with Crippen LogP contribution in [0.15, 0.2) is 85.1 Å². The number of carbonyl (C=O) groups excluding carboxylic acids is 2. The van der Waals surface area contributed by atoms with Crippen molar-refractivity contribution >= 4 is 23.3 Å². The van der Waals surface area contributed by atoms with E-state index in [2.05, 4.69) is 27.8 Å². The summed E-state index contributed by atoms with van der Waals surface area (Å²) >= 11 is 0. The van der Waals surface area contributed by atoms with Crippen molar-refractivity contribution in [2.45, 2.75) is 45.6 Å². The van der Waals surface area contributed by atoms with Gasteiger partial charge in [-0.2, -0.15) is 0 Å². The fourth-order valence-electron chi connectivity index (χ4n) is 5.22. The molecule has 7 heteroatoms. The van der Waals surface area contributed by atoms with Crippen LogP contribution in [0.25, 0.3) is 11.1 Å². The highest BCUT2D eigenvalue weighted by Gasteiger charge is 2.25. The minimum Gasteiger partial charge on any atom is -0.368 e. The van der Waals surface area contributed by atoms with Gasteiger partial charge in [-0.25, -0.2) is 9.37 Å². The number of amides is 2. The molecule has 6 nitrogen and oxygen atoms in total. The lowest BCUT2D eigenvalue weighted by atomic mass is 9.88. The molecule has 2 heterocycles. The number of benzene rings is 3. The number of anilines is 2. The zero-order valence-electron chi connectivity index (χ0n) is 23.7. The molecule has 41 heavy (non-hydrogen) atoms. The molecule has 1 saturated heterocycles.